The van der Waals surface area contributed by atoms with Crippen molar-refractivity contribution in [1.82, 2.24) is 0 Å². The molecular formula is C22H17FN2O3. The number of hydrogen-bond acceptors (Lipinski definition) is 5. The Balaban J connectivity index is 1.75. The Morgan fingerprint density at radius 1 is 1.04 bits per heavy atom. The summed E-state index contributed by atoms with van der Waals surface area (Å²) in [6.45, 7) is 0.136. The SMILES string of the molecule is COc1cc(F)c(Oc2ccccc2)cc1/C=N\OCc1ccccc1C#N. The van der Waals surface area contributed by atoms with E-state index in [2.05, 4.69) is 11.2 Å². The molecule has 0 N–H and O–H groups in total. The topological polar surface area (TPSA) is 63.8 Å². The van der Waals surface area contributed by atoms with E-state index in [1.807, 2.05) is 12.1 Å². The molecular weight excluding hydrogens is 359 g/mol. The van der Waals surface area contributed by atoms with Crippen LogP contribution in [0.4, 0.5) is 4.39 Å². The highest BCUT2D eigenvalue weighted by Gasteiger charge is 2.12. The Morgan fingerprint density at radius 3 is 2.54 bits per heavy atom. The maximum absolute atomic E-state index is 14.3. The predicted octanol–water partition coefficient (Wildman–Crippen LogP) is 5.05. The average Bonchev–Trinajstić information content (AvgIpc) is 2.74. The Bertz CT molecular complexity index is 1010. The molecule has 0 bridgehead atoms. The van der Waals surface area contributed by atoms with Gasteiger partial charge in [-0.3, -0.25) is 0 Å². The van der Waals surface area contributed by atoms with Crippen molar-refractivity contribution < 1.29 is 18.7 Å². The Morgan fingerprint density at radius 2 is 1.79 bits per heavy atom. The summed E-state index contributed by atoms with van der Waals surface area (Å²) in [5.74, 6) is 0.298. The third-order valence-corrected chi connectivity index (χ3v) is 3.88. The molecule has 0 aliphatic rings. The van der Waals surface area contributed by atoms with Crippen molar-refractivity contribution in [2.45, 2.75) is 6.61 Å². The molecule has 140 valence electrons. The van der Waals surface area contributed by atoms with Crippen molar-refractivity contribution in [3.8, 4) is 23.3 Å². The molecule has 0 atom stereocenters. The van der Waals surface area contributed by atoms with Crippen LogP contribution in [0.3, 0.4) is 0 Å². The maximum atomic E-state index is 14.3. The van der Waals surface area contributed by atoms with E-state index in [1.54, 1.807) is 42.5 Å². The standard InChI is InChI=1S/C22H17FN2O3/c1-26-21-12-20(23)22(28-19-9-3-2-4-10-19)11-18(21)14-25-27-15-17-8-6-5-7-16(17)13-24/h2-12,14H,15H2,1H3/b25-14-. The zero-order valence-corrected chi connectivity index (χ0v) is 15.1. The van der Waals surface area contributed by atoms with Crippen LogP contribution >= 0.6 is 0 Å². The molecule has 0 radical (unpaired) electrons. The Hall–Kier alpha value is -3.85. The zero-order valence-electron chi connectivity index (χ0n) is 15.1. The van der Waals surface area contributed by atoms with Crippen molar-refractivity contribution in [3.63, 3.8) is 0 Å². The highest BCUT2D eigenvalue weighted by Crippen LogP contribution is 2.30. The molecule has 0 amide bonds. The molecule has 0 unspecified atom stereocenters. The van der Waals surface area contributed by atoms with Crippen LogP contribution in [0.5, 0.6) is 17.2 Å². The number of rotatable bonds is 7. The van der Waals surface area contributed by atoms with Gasteiger partial charge in [-0.25, -0.2) is 4.39 Å². The van der Waals surface area contributed by atoms with Gasteiger partial charge in [0, 0.05) is 17.2 Å². The normalized spacial score (nSPS) is 10.5. The van der Waals surface area contributed by atoms with E-state index in [0.29, 0.717) is 22.6 Å². The summed E-state index contributed by atoms with van der Waals surface area (Å²) in [7, 11) is 1.44. The van der Waals surface area contributed by atoms with Crippen LogP contribution in [0.1, 0.15) is 16.7 Å². The lowest BCUT2D eigenvalue weighted by Crippen LogP contribution is -1.97. The molecule has 28 heavy (non-hydrogen) atoms. The summed E-state index contributed by atoms with van der Waals surface area (Å²) in [6.07, 6.45) is 1.41. The molecule has 0 aliphatic heterocycles. The van der Waals surface area contributed by atoms with E-state index in [1.165, 1.54) is 25.5 Å². The maximum Gasteiger partial charge on any atom is 0.169 e. The van der Waals surface area contributed by atoms with E-state index in [0.717, 1.165) is 5.56 Å². The molecule has 0 heterocycles. The van der Waals surface area contributed by atoms with Crippen LogP contribution in [0.25, 0.3) is 0 Å². The smallest absolute Gasteiger partial charge is 0.169 e. The first-order valence-electron chi connectivity index (χ1n) is 8.45. The second-order valence-electron chi connectivity index (χ2n) is 5.72. The first kappa shape index (κ1) is 18.9. The molecule has 5 nitrogen and oxygen atoms in total. The predicted molar refractivity (Wildman–Crippen MR) is 103 cm³/mol. The van der Waals surface area contributed by atoms with Gasteiger partial charge in [-0.15, -0.1) is 0 Å². The van der Waals surface area contributed by atoms with E-state index in [4.69, 9.17) is 19.6 Å². The average molecular weight is 376 g/mol. The second-order valence-corrected chi connectivity index (χ2v) is 5.72. The summed E-state index contributed by atoms with van der Waals surface area (Å²) in [5.41, 5.74) is 1.74. The number of methoxy groups -OCH3 is 1. The minimum absolute atomic E-state index is 0.0447. The molecule has 0 spiro atoms. The van der Waals surface area contributed by atoms with Gasteiger partial charge in [0.2, 0.25) is 0 Å². The van der Waals surface area contributed by atoms with Gasteiger partial charge in [0.1, 0.15) is 18.1 Å². The van der Waals surface area contributed by atoms with Crippen LogP contribution in [-0.2, 0) is 11.4 Å². The molecule has 0 saturated carbocycles. The molecule has 6 heteroatoms. The number of para-hydroxylation sites is 1. The fourth-order valence-corrected chi connectivity index (χ4v) is 2.48. The number of oxime groups is 1. The van der Waals surface area contributed by atoms with Crippen molar-refractivity contribution in [1.29, 1.82) is 5.26 Å². The van der Waals surface area contributed by atoms with Crippen LogP contribution in [-0.4, -0.2) is 13.3 Å². The number of ether oxygens (including phenoxy) is 2. The number of nitrogens with zero attached hydrogens (tertiary/aromatic N) is 2. The first-order valence-corrected chi connectivity index (χ1v) is 8.45. The van der Waals surface area contributed by atoms with E-state index < -0.39 is 5.82 Å². The van der Waals surface area contributed by atoms with Crippen molar-refractivity contribution >= 4 is 6.21 Å². The zero-order chi connectivity index (χ0) is 19.8. The highest BCUT2D eigenvalue weighted by atomic mass is 19.1. The van der Waals surface area contributed by atoms with Gasteiger partial charge < -0.3 is 14.3 Å². The van der Waals surface area contributed by atoms with Crippen molar-refractivity contribution in [2.24, 2.45) is 5.16 Å². The number of halogens is 1. The molecule has 0 fully saturated rings. The van der Waals surface area contributed by atoms with Crippen LogP contribution in [0.2, 0.25) is 0 Å². The monoisotopic (exact) mass is 376 g/mol. The molecule has 0 aromatic heterocycles. The van der Waals surface area contributed by atoms with Gasteiger partial charge in [-0.2, -0.15) is 5.26 Å². The Kier molecular flexibility index (Phi) is 6.21. The summed E-state index contributed by atoms with van der Waals surface area (Å²) >= 11 is 0. The fourth-order valence-electron chi connectivity index (χ4n) is 2.48. The third-order valence-electron chi connectivity index (χ3n) is 3.88. The molecule has 0 saturated heterocycles. The van der Waals surface area contributed by atoms with Crippen molar-refractivity contribution in [3.05, 3.63) is 89.2 Å². The number of hydrogen-bond donors (Lipinski definition) is 0. The Labute approximate surface area is 162 Å². The van der Waals surface area contributed by atoms with Crippen molar-refractivity contribution in [2.75, 3.05) is 7.11 Å². The van der Waals surface area contributed by atoms with E-state index in [9.17, 15) is 4.39 Å². The lowest BCUT2D eigenvalue weighted by molar-refractivity contribution is 0.132. The van der Waals surface area contributed by atoms with Crippen LogP contribution in [0.15, 0.2) is 71.9 Å². The highest BCUT2D eigenvalue weighted by molar-refractivity contribution is 5.84. The van der Waals surface area contributed by atoms with Crippen LogP contribution in [0, 0.1) is 17.1 Å². The number of nitriles is 1. The summed E-state index contributed by atoms with van der Waals surface area (Å²) in [6, 6.07) is 20.8. The molecule has 3 aromatic carbocycles. The lowest BCUT2D eigenvalue weighted by Gasteiger charge is -2.10. The van der Waals surface area contributed by atoms with E-state index in [-0.39, 0.29) is 12.4 Å². The fraction of sp³-hybridized carbons (Fsp3) is 0.0909. The van der Waals surface area contributed by atoms with Gasteiger partial charge >= 0.3 is 0 Å². The largest absolute Gasteiger partial charge is 0.496 e. The van der Waals surface area contributed by atoms with E-state index >= 15 is 0 Å². The number of benzene rings is 3. The second kappa shape index (κ2) is 9.19. The van der Waals surface area contributed by atoms with Gasteiger partial charge in [0.25, 0.3) is 0 Å². The van der Waals surface area contributed by atoms with Gasteiger partial charge in [0.05, 0.1) is 25.0 Å². The summed E-state index contributed by atoms with van der Waals surface area (Å²) in [4.78, 5) is 5.28. The molecule has 0 aliphatic carbocycles. The van der Waals surface area contributed by atoms with Gasteiger partial charge in [0.15, 0.2) is 11.6 Å². The van der Waals surface area contributed by atoms with Gasteiger partial charge in [-0.1, -0.05) is 41.6 Å². The van der Waals surface area contributed by atoms with Gasteiger partial charge in [-0.05, 0) is 24.3 Å². The lowest BCUT2D eigenvalue weighted by atomic mass is 10.1. The first-order chi connectivity index (χ1) is 13.7. The summed E-state index contributed by atoms with van der Waals surface area (Å²) in [5, 5.41) is 13.0. The quantitative estimate of drug-likeness (QED) is 0.428. The molecule has 3 aromatic rings. The summed E-state index contributed by atoms with van der Waals surface area (Å²) < 4.78 is 25.1. The minimum Gasteiger partial charge on any atom is -0.496 e. The molecule has 3 rings (SSSR count). The third kappa shape index (κ3) is 4.65. The van der Waals surface area contributed by atoms with Crippen LogP contribution < -0.4 is 9.47 Å². The minimum atomic E-state index is -0.554.